The summed E-state index contributed by atoms with van der Waals surface area (Å²) in [6, 6.07) is 6.57. The Kier molecular flexibility index (Phi) is 2.34. The predicted molar refractivity (Wildman–Crippen MR) is 52.5 cm³/mol. The highest BCUT2D eigenvalue weighted by molar-refractivity contribution is 5.38. The molecule has 1 aromatic rings. The van der Waals surface area contributed by atoms with Gasteiger partial charge in [-0.1, -0.05) is 18.2 Å². The van der Waals surface area contributed by atoms with Gasteiger partial charge in [-0.2, -0.15) is 0 Å². The smallest absolute Gasteiger partial charge is 0.0685 e. The molecule has 1 unspecified atom stereocenters. The third-order valence-electron chi connectivity index (χ3n) is 2.73. The third kappa shape index (κ3) is 1.47. The molecular weight excluding hydrogens is 162 g/mol. The topological polar surface area (TPSA) is 32.3 Å². The monoisotopic (exact) mass is 177 g/mol. The van der Waals surface area contributed by atoms with Crippen molar-refractivity contribution < 1.29 is 5.11 Å². The van der Waals surface area contributed by atoms with Crippen LogP contribution in [0.2, 0.25) is 0 Å². The van der Waals surface area contributed by atoms with Crippen LogP contribution in [0.15, 0.2) is 18.2 Å². The number of hydrogen-bond acceptors (Lipinski definition) is 2. The van der Waals surface area contributed by atoms with Crippen LogP contribution in [-0.2, 0) is 13.0 Å². The van der Waals surface area contributed by atoms with Gasteiger partial charge in [0.25, 0.3) is 0 Å². The zero-order valence-electron chi connectivity index (χ0n) is 7.88. The van der Waals surface area contributed by atoms with Crippen LogP contribution in [0.5, 0.6) is 0 Å². The molecule has 2 nitrogen and oxygen atoms in total. The summed E-state index contributed by atoms with van der Waals surface area (Å²) in [6.45, 7) is 3.34. The SMILES string of the molecule is CC1NCCc2cccc(CO)c21. The number of benzene rings is 1. The van der Waals surface area contributed by atoms with E-state index in [1.807, 2.05) is 12.1 Å². The third-order valence-corrected chi connectivity index (χ3v) is 2.73. The van der Waals surface area contributed by atoms with Gasteiger partial charge in [0.1, 0.15) is 0 Å². The maximum absolute atomic E-state index is 9.18. The normalized spacial score (nSPS) is 21.2. The first-order chi connectivity index (χ1) is 6.33. The highest BCUT2D eigenvalue weighted by atomic mass is 16.3. The van der Waals surface area contributed by atoms with Crippen LogP contribution in [0.3, 0.4) is 0 Å². The molecule has 2 rings (SSSR count). The fourth-order valence-electron chi connectivity index (χ4n) is 2.10. The highest BCUT2D eigenvalue weighted by Crippen LogP contribution is 2.25. The summed E-state index contributed by atoms with van der Waals surface area (Å²) in [5, 5.41) is 12.6. The summed E-state index contributed by atoms with van der Waals surface area (Å²) in [5.41, 5.74) is 3.76. The summed E-state index contributed by atoms with van der Waals surface area (Å²) in [5.74, 6) is 0. The summed E-state index contributed by atoms with van der Waals surface area (Å²) in [7, 11) is 0. The van der Waals surface area contributed by atoms with Gasteiger partial charge in [-0.3, -0.25) is 0 Å². The van der Waals surface area contributed by atoms with E-state index >= 15 is 0 Å². The van der Waals surface area contributed by atoms with Crippen molar-refractivity contribution in [3.8, 4) is 0 Å². The zero-order valence-corrected chi connectivity index (χ0v) is 7.88. The van der Waals surface area contributed by atoms with Crippen molar-refractivity contribution >= 4 is 0 Å². The largest absolute Gasteiger partial charge is 0.392 e. The second-order valence-electron chi connectivity index (χ2n) is 3.57. The number of rotatable bonds is 1. The molecular formula is C11H15NO. The van der Waals surface area contributed by atoms with Gasteiger partial charge in [-0.25, -0.2) is 0 Å². The van der Waals surface area contributed by atoms with Crippen LogP contribution in [0.1, 0.15) is 29.7 Å². The Morgan fingerprint density at radius 3 is 3.15 bits per heavy atom. The quantitative estimate of drug-likeness (QED) is 0.679. The summed E-state index contributed by atoms with van der Waals surface area (Å²) in [6.07, 6.45) is 1.08. The van der Waals surface area contributed by atoms with E-state index in [2.05, 4.69) is 18.3 Å². The van der Waals surface area contributed by atoms with Crippen molar-refractivity contribution in [2.75, 3.05) is 6.54 Å². The fraction of sp³-hybridized carbons (Fsp3) is 0.455. The Morgan fingerprint density at radius 2 is 2.38 bits per heavy atom. The molecule has 0 saturated heterocycles. The van der Waals surface area contributed by atoms with E-state index in [0.29, 0.717) is 6.04 Å². The molecule has 0 spiro atoms. The first-order valence-electron chi connectivity index (χ1n) is 4.78. The predicted octanol–water partition coefficient (Wildman–Crippen LogP) is 1.39. The maximum Gasteiger partial charge on any atom is 0.0685 e. The molecule has 1 heterocycles. The van der Waals surface area contributed by atoms with Crippen LogP contribution in [0.4, 0.5) is 0 Å². The number of aliphatic hydroxyl groups excluding tert-OH is 1. The molecule has 0 saturated carbocycles. The van der Waals surface area contributed by atoms with E-state index in [-0.39, 0.29) is 6.61 Å². The van der Waals surface area contributed by atoms with Crippen molar-refractivity contribution in [2.24, 2.45) is 0 Å². The molecule has 1 atom stereocenters. The van der Waals surface area contributed by atoms with Gasteiger partial charge in [-0.15, -0.1) is 0 Å². The Hall–Kier alpha value is -0.860. The lowest BCUT2D eigenvalue weighted by molar-refractivity contribution is 0.278. The van der Waals surface area contributed by atoms with Crippen LogP contribution in [0, 0.1) is 0 Å². The van der Waals surface area contributed by atoms with Crippen molar-refractivity contribution in [3.63, 3.8) is 0 Å². The minimum atomic E-state index is 0.148. The van der Waals surface area contributed by atoms with Crippen LogP contribution in [0.25, 0.3) is 0 Å². The van der Waals surface area contributed by atoms with Crippen LogP contribution < -0.4 is 5.32 Å². The molecule has 1 aliphatic rings. The molecule has 0 fully saturated rings. The molecule has 0 amide bonds. The number of nitrogens with one attached hydrogen (secondary N) is 1. The lowest BCUT2D eigenvalue weighted by Gasteiger charge is -2.26. The number of aliphatic hydroxyl groups is 1. The molecule has 2 heteroatoms. The minimum absolute atomic E-state index is 0.148. The van der Waals surface area contributed by atoms with Crippen LogP contribution in [-0.4, -0.2) is 11.7 Å². The van der Waals surface area contributed by atoms with E-state index in [0.717, 1.165) is 18.5 Å². The molecule has 0 aliphatic carbocycles. The Labute approximate surface area is 78.6 Å². The number of hydrogen-bond donors (Lipinski definition) is 2. The van der Waals surface area contributed by atoms with Gasteiger partial charge in [0.15, 0.2) is 0 Å². The van der Waals surface area contributed by atoms with Crippen molar-refractivity contribution in [1.82, 2.24) is 5.32 Å². The van der Waals surface area contributed by atoms with Crippen molar-refractivity contribution in [1.29, 1.82) is 0 Å². The molecule has 70 valence electrons. The van der Waals surface area contributed by atoms with E-state index < -0.39 is 0 Å². The zero-order chi connectivity index (χ0) is 9.26. The lowest BCUT2D eigenvalue weighted by Crippen LogP contribution is -2.28. The minimum Gasteiger partial charge on any atom is -0.392 e. The van der Waals surface area contributed by atoms with E-state index in [4.69, 9.17) is 0 Å². The average Bonchev–Trinajstić information content (AvgIpc) is 2.17. The molecule has 2 N–H and O–H groups in total. The van der Waals surface area contributed by atoms with Gasteiger partial charge in [0.05, 0.1) is 6.61 Å². The molecule has 0 radical (unpaired) electrons. The maximum atomic E-state index is 9.18. The first-order valence-corrected chi connectivity index (χ1v) is 4.78. The van der Waals surface area contributed by atoms with Crippen LogP contribution >= 0.6 is 0 Å². The summed E-state index contributed by atoms with van der Waals surface area (Å²) >= 11 is 0. The van der Waals surface area contributed by atoms with E-state index in [1.54, 1.807) is 0 Å². The first kappa shape index (κ1) is 8.73. The second-order valence-corrected chi connectivity index (χ2v) is 3.57. The van der Waals surface area contributed by atoms with Gasteiger partial charge < -0.3 is 10.4 Å². The second kappa shape index (κ2) is 3.48. The van der Waals surface area contributed by atoms with E-state index in [9.17, 15) is 5.11 Å². The molecule has 1 aliphatic heterocycles. The average molecular weight is 177 g/mol. The van der Waals surface area contributed by atoms with Gasteiger partial charge in [-0.05, 0) is 36.6 Å². The van der Waals surface area contributed by atoms with Gasteiger partial charge in [0.2, 0.25) is 0 Å². The molecule has 0 bridgehead atoms. The standard InChI is InChI=1S/C11H15NO/c1-8-11-9(5-6-12-8)3-2-4-10(11)7-13/h2-4,8,12-13H,5-7H2,1H3. The summed E-state index contributed by atoms with van der Waals surface area (Å²) < 4.78 is 0. The Bertz CT molecular complexity index is 295. The van der Waals surface area contributed by atoms with Gasteiger partial charge >= 0.3 is 0 Å². The van der Waals surface area contributed by atoms with Gasteiger partial charge in [0, 0.05) is 6.04 Å². The molecule has 13 heavy (non-hydrogen) atoms. The fourth-order valence-corrected chi connectivity index (χ4v) is 2.10. The Morgan fingerprint density at radius 1 is 1.54 bits per heavy atom. The summed E-state index contributed by atoms with van der Waals surface area (Å²) in [4.78, 5) is 0. The Balaban J connectivity index is 2.50. The molecule has 0 aromatic heterocycles. The van der Waals surface area contributed by atoms with E-state index in [1.165, 1.54) is 11.1 Å². The highest BCUT2D eigenvalue weighted by Gasteiger charge is 2.17. The van der Waals surface area contributed by atoms with Crippen molar-refractivity contribution in [2.45, 2.75) is 26.0 Å². The number of fused-ring (bicyclic) bond motifs is 1. The molecule has 1 aromatic carbocycles. The van der Waals surface area contributed by atoms with Crippen molar-refractivity contribution in [3.05, 3.63) is 34.9 Å². The lowest BCUT2D eigenvalue weighted by atomic mass is 9.91.